The van der Waals surface area contributed by atoms with Crippen LogP contribution < -0.4 is 5.32 Å². The zero-order valence-electron chi connectivity index (χ0n) is 13.4. The first-order valence-electron chi connectivity index (χ1n) is 8.16. The van der Waals surface area contributed by atoms with Crippen molar-refractivity contribution in [1.29, 1.82) is 0 Å². The highest BCUT2D eigenvalue weighted by atomic mass is 32.1. The number of carbonyl (C=O) groups excluding carboxylic acids is 1. The van der Waals surface area contributed by atoms with E-state index in [4.69, 9.17) is 0 Å². The molecule has 1 fully saturated rings. The number of hydrogen-bond acceptors (Lipinski definition) is 4. The maximum atomic E-state index is 12.6. The lowest BCUT2D eigenvalue weighted by atomic mass is 9.83. The van der Waals surface area contributed by atoms with Crippen molar-refractivity contribution >= 4 is 28.7 Å². The molecule has 0 radical (unpaired) electrons. The van der Waals surface area contributed by atoms with Crippen molar-refractivity contribution < 1.29 is 4.79 Å². The Kier molecular flexibility index (Phi) is 5.67. The summed E-state index contributed by atoms with van der Waals surface area (Å²) in [5, 5.41) is 7.36. The fourth-order valence-electron chi connectivity index (χ4n) is 3.23. The van der Waals surface area contributed by atoms with Gasteiger partial charge in [-0.25, -0.2) is 9.78 Å². The Balaban J connectivity index is 1.66. The Hall–Kier alpha value is -1.40. The molecule has 6 heteroatoms. The number of nitrogens with zero attached hydrogens (tertiary/aromatic N) is 2. The molecule has 1 aliphatic carbocycles. The first-order chi connectivity index (χ1) is 11.2. The van der Waals surface area contributed by atoms with Crippen LogP contribution in [0.15, 0.2) is 28.4 Å². The Morgan fingerprint density at radius 2 is 2.26 bits per heavy atom. The van der Waals surface area contributed by atoms with Crippen molar-refractivity contribution in [3.63, 3.8) is 0 Å². The largest absolute Gasteiger partial charge is 0.330 e. The van der Waals surface area contributed by atoms with Gasteiger partial charge in [-0.2, -0.15) is 0 Å². The van der Waals surface area contributed by atoms with Crippen molar-refractivity contribution in [3.8, 4) is 0 Å². The van der Waals surface area contributed by atoms with Gasteiger partial charge in [-0.15, -0.1) is 22.7 Å². The highest BCUT2D eigenvalue weighted by Gasteiger charge is 2.28. The molecule has 1 unspecified atom stereocenters. The maximum absolute atomic E-state index is 12.6. The summed E-state index contributed by atoms with van der Waals surface area (Å²) in [5.41, 5.74) is 2.75. The number of nitrogens with one attached hydrogen (secondary N) is 1. The zero-order chi connectivity index (χ0) is 16.1. The van der Waals surface area contributed by atoms with Crippen molar-refractivity contribution in [1.82, 2.24) is 15.2 Å². The first-order valence-corrected chi connectivity index (χ1v) is 9.98. The molecule has 0 spiro atoms. The van der Waals surface area contributed by atoms with Crippen LogP contribution in [0, 0.1) is 5.92 Å². The summed E-state index contributed by atoms with van der Waals surface area (Å²) in [5.74, 6) is 0.555. The third kappa shape index (κ3) is 4.32. The van der Waals surface area contributed by atoms with Crippen LogP contribution in [-0.4, -0.2) is 23.0 Å². The Labute approximate surface area is 145 Å². The molecule has 0 saturated heterocycles. The molecule has 1 aliphatic rings. The number of hydrogen-bond donors (Lipinski definition) is 1. The number of carbonyl (C=O) groups is 1. The van der Waals surface area contributed by atoms with Crippen molar-refractivity contribution in [2.45, 2.75) is 44.7 Å². The summed E-state index contributed by atoms with van der Waals surface area (Å²) < 4.78 is 0. The minimum absolute atomic E-state index is 0.0121. The molecule has 2 amide bonds. The molecule has 1 saturated carbocycles. The van der Waals surface area contributed by atoms with Crippen LogP contribution in [0.5, 0.6) is 0 Å². The molecule has 0 aliphatic heterocycles. The van der Waals surface area contributed by atoms with Crippen LogP contribution in [0.1, 0.15) is 48.7 Å². The molecule has 1 N–H and O–H groups in total. The van der Waals surface area contributed by atoms with Crippen molar-refractivity contribution in [3.05, 3.63) is 39.0 Å². The molecule has 2 aromatic rings. The number of urea groups is 1. The van der Waals surface area contributed by atoms with Gasteiger partial charge < -0.3 is 10.2 Å². The van der Waals surface area contributed by atoms with E-state index in [2.05, 4.69) is 27.8 Å². The maximum Gasteiger partial charge on any atom is 0.318 e. The number of thiazole rings is 1. The summed E-state index contributed by atoms with van der Waals surface area (Å²) in [6, 6.07) is 4.34. The van der Waals surface area contributed by atoms with E-state index in [1.165, 1.54) is 37.0 Å². The minimum atomic E-state index is -0.0121. The summed E-state index contributed by atoms with van der Waals surface area (Å²) in [6.07, 6.45) is 6.29. The molecule has 1 atom stereocenters. The van der Waals surface area contributed by atoms with Gasteiger partial charge in [-0.05, 0) is 30.2 Å². The molecule has 2 heterocycles. The highest BCUT2D eigenvalue weighted by molar-refractivity contribution is 7.10. The van der Waals surface area contributed by atoms with Crippen LogP contribution in [-0.2, 0) is 6.54 Å². The molecular formula is C17H23N3OS2. The molecule has 4 nitrogen and oxygen atoms in total. The van der Waals surface area contributed by atoms with Crippen LogP contribution in [0.2, 0.25) is 0 Å². The van der Waals surface area contributed by atoms with E-state index in [0.29, 0.717) is 12.5 Å². The topological polar surface area (TPSA) is 45.2 Å². The van der Waals surface area contributed by atoms with E-state index < -0.39 is 0 Å². The average Bonchev–Trinajstić information content (AvgIpc) is 3.26. The standard InChI is InChI=1S/C17H23N3OS2/c1-20(10-14-11-22-12-18-14)17(21)19-16(15-8-5-9-23-15)13-6-3-2-4-7-13/h5,8-9,11-13,16H,2-4,6-7,10H2,1H3,(H,19,21). The normalized spacial score (nSPS) is 16.9. The minimum Gasteiger partial charge on any atom is -0.330 e. The van der Waals surface area contributed by atoms with Crippen LogP contribution >= 0.6 is 22.7 Å². The van der Waals surface area contributed by atoms with E-state index in [1.807, 2.05) is 12.4 Å². The molecule has 2 aromatic heterocycles. The van der Waals surface area contributed by atoms with Gasteiger partial charge >= 0.3 is 6.03 Å². The van der Waals surface area contributed by atoms with Gasteiger partial charge in [0.1, 0.15) is 0 Å². The molecule has 124 valence electrons. The van der Waals surface area contributed by atoms with Gasteiger partial charge in [0.2, 0.25) is 0 Å². The summed E-state index contributed by atoms with van der Waals surface area (Å²) in [7, 11) is 1.83. The fraction of sp³-hybridized carbons (Fsp3) is 0.529. The van der Waals surface area contributed by atoms with E-state index >= 15 is 0 Å². The SMILES string of the molecule is CN(Cc1cscn1)C(=O)NC(c1cccs1)C1CCCCC1. The van der Waals surface area contributed by atoms with Gasteiger partial charge in [-0.3, -0.25) is 0 Å². The lowest BCUT2D eigenvalue weighted by Crippen LogP contribution is -2.41. The summed E-state index contributed by atoms with van der Waals surface area (Å²) >= 11 is 3.30. The van der Waals surface area contributed by atoms with E-state index in [0.717, 1.165) is 5.69 Å². The number of aromatic nitrogens is 1. The quantitative estimate of drug-likeness (QED) is 0.853. The van der Waals surface area contributed by atoms with E-state index in [-0.39, 0.29) is 12.1 Å². The van der Waals surface area contributed by atoms with E-state index in [1.54, 1.807) is 33.1 Å². The predicted octanol–water partition coefficient (Wildman–Crippen LogP) is 4.67. The monoisotopic (exact) mass is 349 g/mol. The van der Waals surface area contributed by atoms with Gasteiger partial charge in [0.05, 0.1) is 23.8 Å². The average molecular weight is 350 g/mol. The fourth-order valence-corrected chi connectivity index (χ4v) is 4.65. The van der Waals surface area contributed by atoms with Crippen LogP contribution in [0.25, 0.3) is 0 Å². The molecule has 23 heavy (non-hydrogen) atoms. The van der Waals surface area contributed by atoms with Gasteiger partial charge in [0.25, 0.3) is 0 Å². The lowest BCUT2D eigenvalue weighted by molar-refractivity contribution is 0.191. The van der Waals surface area contributed by atoms with E-state index in [9.17, 15) is 4.79 Å². The lowest BCUT2D eigenvalue weighted by Gasteiger charge is -2.31. The molecule has 0 bridgehead atoms. The van der Waals surface area contributed by atoms with Gasteiger partial charge in [0, 0.05) is 17.3 Å². The second-order valence-electron chi connectivity index (χ2n) is 6.18. The second-order valence-corrected chi connectivity index (χ2v) is 7.87. The third-order valence-corrected chi connectivity index (χ3v) is 6.07. The molecular weight excluding hydrogens is 326 g/mol. The second kappa shape index (κ2) is 7.93. The number of thiophene rings is 1. The van der Waals surface area contributed by atoms with Gasteiger partial charge in [-0.1, -0.05) is 25.3 Å². The summed E-state index contributed by atoms with van der Waals surface area (Å²) in [4.78, 5) is 19.9. The summed E-state index contributed by atoms with van der Waals surface area (Å²) in [6.45, 7) is 0.553. The van der Waals surface area contributed by atoms with Crippen molar-refractivity contribution in [2.75, 3.05) is 7.05 Å². The zero-order valence-corrected chi connectivity index (χ0v) is 15.0. The first kappa shape index (κ1) is 16.5. The number of amides is 2. The Morgan fingerprint density at radius 3 is 2.91 bits per heavy atom. The Bertz CT molecular complexity index is 591. The van der Waals surface area contributed by atoms with Crippen LogP contribution in [0.4, 0.5) is 4.79 Å². The number of rotatable bonds is 5. The van der Waals surface area contributed by atoms with Crippen LogP contribution in [0.3, 0.4) is 0 Å². The molecule has 3 rings (SSSR count). The highest BCUT2D eigenvalue weighted by Crippen LogP contribution is 2.36. The smallest absolute Gasteiger partial charge is 0.318 e. The van der Waals surface area contributed by atoms with Crippen molar-refractivity contribution in [2.24, 2.45) is 5.92 Å². The third-order valence-electron chi connectivity index (χ3n) is 4.48. The Morgan fingerprint density at radius 1 is 1.43 bits per heavy atom. The van der Waals surface area contributed by atoms with Gasteiger partial charge in [0.15, 0.2) is 0 Å². The molecule has 0 aromatic carbocycles. The predicted molar refractivity (Wildman–Crippen MR) is 95.7 cm³/mol.